The first-order chi connectivity index (χ1) is 14.0. The zero-order valence-corrected chi connectivity index (χ0v) is 17.8. The summed E-state index contributed by atoms with van der Waals surface area (Å²) in [5.41, 5.74) is 3.05. The number of rotatable bonds is 9. The van der Waals surface area contributed by atoms with Crippen LogP contribution in [0.4, 0.5) is 4.39 Å². The van der Waals surface area contributed by atoms with Crippen molar-refractivity contribution in [2.75, 3.05) is 0 Å². The molecule has 0 aliphatic carbocycles. The first-order valence-corrected chi connectivity index (χ1v) is 10.4. The molecule has 152 valence electrons. The molecule has 0 aromatic heterocycles. The van der Waals surface area contributed by atoms with Gasteiger partial charge in [-0.15, -0.1) is 0 Å². The van der Waals surface area contributed by atoms with Crippen LogP contribution in [0.5, 0.6) is 5.75 Å². The number of benzene rings is 3. The van der Waals surface area contributed by atoms with Crippen LogP contribution < -0.4 is 10.1 Å². The molecule has 0 radical (unpaired) electrons. The molecule has 0 saturated heterocycles. The molecule has 0 saturated carbocycles. The summed E-state index contributed by atoms with van der Waals surface area (Å²) < 4.78 is 19.2. The lowest BCUT2D eigenvalue weighted by Crippen LogP contribution is -2.26. The molecule has 5 heteroatoms. The SMILES string of the molecule is C[C@@H](CCc1ccccc1)NCc1cc(Cl)ccc1OCc1ccc(F)cc1Cl. The fourth-order valence-corrected chi connectivity index (χ4v) is 3.45. The summed E-state index contributed by atoms with van der Waals surface area (Å²) >= 11 is 12.3. The third kappa shape index (κ3) is 6.74. The van der Waals surface area contributed by atoms with Crippen LogP contribution >= 0.6 is 23.2 Å². The van der Waals surface area contributed by atoms with Crippen molar-refractivity contribution in [3.05, 3.63) is 99.3 Å². The molecule has 0 spiro atoms. The van der Waals surface area contributed by atoms with Crippen molar-refractivity contribution >= 4 is 23.2 Å². The zero-order chi connectivity index (χ0) is 20.6. The second-order valence-corrected chi connectivity index (χ2v) is 7.93. The van der Waals surface area contributed by atoms with Crippen LogP contribution in [0, 0.1) is 5.82 Å². The lowest BCUT2D eigenvalue weighted by atomic mass is 10.1. The van der Waals surface area contributed by atoms with Crippen molar-refractivity contribution < 1.29 is 9.13 Å². The summed E-state index contributed by atoms with van der Waals surface area (Å²) in [6.45, 7) is 3.08. The zero-order valence-electron chi connectivity index (χ0n) is 16.3. The minimum atomic E-state index is -0.361. The van der Waals surface area contributed by atoms with E-state index in [2.05, 4.69) is 36.5 Å². The van der Waals surface area contributed by atoms with Gasteiger partial charge in [-0.05, 0) is 55.7 Å². The van der Waals surface area contributed by atoms with Gasteiger partial charge in [0.2, 0.25) is 0 Å². The number of ether oxygens (including phenoxy) is 1. The van der Waals surface area contributed by atoms with E-state index in [1.54, 1.807) is 12.1 Å². The Kier molecular flexibility index (Phi) is 7.93. The Morgan fingerprint density at radius 1 is 0.966 bits per heavy atom. The summed E-state index contributed by atoms with van der Waals surface area (Å²) in [4.78, 5) is 0. The fraction of sp³-hybridized carbons (Fsp3) is 0.250. The van der Waals surface area contributed by atoms with Gasteiger partial charge < -0.3 is 10.1 Å². The van der Waals surface area contributed by atoms with E-state index in [0.29, 0.717) is 22.6 Å². The van der Waals surface area contributed by atoms with Crippen LogP contribution in [0.15, 0.2) is 66.7 Å². The summed E-state index contributed by atoms with van der Waals surface area (Å²) in [5, 5.41) is 4.55. The normalized spacial score (nSPS) is 12.0. The Bertz CT molecular complexity index is 933. The molecular weight excluding hydrogens is 408 g/mol. The highest BCUT2D eigenvalue weighted by Gasteiger charge is 2.10. The maximum absolute atomic E-state index is 13.2. The van der Waals surface area contributed by atoms with E-state index in [1.807, 2.05) is 18.2 Å². The highest BCUT2D eigenvalue weighted by atomic mass is 35.5. The van der Waals surface area contributed by atoms with Crippen molar-refractivity contribution in [3.8, 4) is 5.75 Å². The van der Waals surface area contributed by atoms with E-state index >= 15 is 0 Å². The monoisotopic (exact) mass is 431 g/mol. The molecule has 1 atom stereocenters. The van der Waals surface area contributed by atoms with Gasteiger partial charge in [0.1, 0.15) is 18.2 Å². The highest BCUT2D eigenvalue weighted by Crippen LogP contribution is 2.26. The van der Waals surface area contributed by atoms with Gasteiger partial charge in [-0.3, -0.25) is 0 Å². The molecule has 0 unspecified atom stereocenters. The third-order valence-electron chi connectivity index (χ3n) is 4.77. The first-order valence-electron chi connectivity index (χ1n) is 9.63. The van der Waals surface area contributed by atoms with Gasteiger partial charge in [0.25, 0.3) is 0 Å². The van der Waals surface area contributed by atoms with Crippen LogP contribution in [0.25, 0.3) is 0 Å². The molecule has 3 rings (SSSR count). The van der Waals surface area contributed by atoms with Gasteiger partial charge in [0.05, 0.1) is 5.02 Å². The summed E-state index contributed by atoms with van der Waals surface area (Å²) in [7, 11) is 0. The molecule has 0 heterocycles. The van der Waals surface area contributed by atoms with Gasteiger partial charge in [-0.25, -0.2) is 4.39 Å². The molecule has 0 amide bonds. The Morgan fingerprint density at radius 2 is 1.76 bits per heavy atom. The molecule has 2 nitrogen and oxygen atoms in total. The van der Waals surface area contributed by atoms with E-state index < -0.39 is 0 Å². The Labute approximate surface area is 181 Å². The predicted molar refractivity (Wildman–Crippen MR) is 118 cm³/mol. The number of nitrogens with one attached hydrogen (secondary N) is 1. The fourth-order valence-electron chi connectivity index (χ4n) is 3.04. The maximum atomic E-state index is 13.2. The standard InChI is InChI=1S/C24H24Cl2FNO/c1-17(7-8-18-5-3-2-4-6-18)28-15-20-13-21(25)10-12-24(20)29-16-19-9-11-22(27)14-23(19)26/h2-6,9-14,17,28H,7-8,15-16H2,1H3/t17-/m0/s1. The molecule has 0 bridgehead atoms. The molecular formula is C24H24Cl2FNO. The first kappa shape index (κ1) is 21.6. The van der Waals surface area contributed by atoms with Crippen molar-refractivity contribution in [2.24, 2.45) is 0 Å². The van der Waals surface area contributed by atoms with Crippen LogP contribution in [-0.2, 0) is 19.6 Å². The van der Waals surface area contributed by atoms with E-state index in [0.717, 1.165) is 29.7 Å². The Balaban J connectivity index is 1.58. The summed E-state index contributed by atoms with van der Waals surface area (Å²) in [6.07, 6.45) is 2.06. The number of aryl methyl sites for hydroxylation is 1. The highest BCUT2D eigenvalue weighted by molar-refractivity contribution is 6.31. The van der Waals surface area contributed by atoms with Crippen molar-refractivity contribution in [1.29, 1.82) is 0 Å². The van der Waals surface area contributed by atoms with Gasteiger partial charge in [0, 0.05) is 28.7 Å². The average Bonchev–Trinajstić information content (AvgIpc) is 2.72. The molecule has 29 heavy (non-hydrogen) atoms. The second-order valence-electron chi connectivity index (χ2n) is 7.08. The predicted octanol–water partition coefficient (Wildman–Crippen LogP) is 6.82. The Hall–Kier alpha value is -2.07. The largest absolute Gasteiger partial charge is 0.489 e. The average molecular weight is 432 g/mol. The van der Waals surface area contributed by atoms with E-state index in [-0.39, 0.29) is 12.4 Å². The van der Waals surface area contributed by atoms with E-state index in [9.17, 15) is 4.39 Å². The summed E-state index contributed by atoms with van der Waals surface area (Å²) in [6, 6.07) is 20.7. The van der Waals surface area contributed by atoms with Crippen LogP contribution in [-0.4, -0.2) is 6.04 Å². The van der Waals surface area contributed by atoms with Gasteiger partial charge >= 0.3 is 0 Å². The minimum Gasteiger partial charge on any atom is -0.489 e. The van der Waals surface area contributed by atoms with Crippen molar-refractivity contribution in [3.63, 3.8) is 0 Å². The smallest absolute Gasteiger partial charge is 0.124 e. The number of hydrogen-bond donors (Lipinski definition) is 1. The lowest BCUT2D eigenvalue weighted by molar-refractivity contribution is 0.301. The lowest BCUT2D eigenvalue weighted by Gasteiger charge is -2.17. The minimum absolute atomic E-state index is 0.261. The molecule has 0 aliphatic rings. The maximum Gasteiger partial charge on any atom is 0.124 e. The molecule has 1 N–H and O–H groups in total. The molecule has 3 aromatic rings. The van der Waals surface area contributed by atoms with Crippen molar-refractivity contribution in [2.45, 2.75) is 39.0 Å². The van der Waals surface area contributed by atoms with Crippen LogP contribution in [0.2, 0.25) is 10.0 Å². The van der Waals surface area contributed by atoms with Gasteiger partial charge in [0.15, 0.2) is 0 Å². The Morgan fingerprint density at radius 3 is 2.52 bits per heavy atom. The number of hydrogen-bond acceptors (Lipinski definition) is 2. The topological polar surface area (TPSA) is 21.3 Å². The van der Waals surface area contributed by atoms with E-state index in [1.165, 1.54) is 17.7 Å². The third-order valence-corrected chi connectivity index (χ3v) is 5.36. The van der Waals surface area contributed by atoms with Crippen molar-refractivity contribution in [1.82, 2.24) is 5.32 Å². The van der Waals surface area contributed by atoms with Gasteiger partial charge in [-0.2, -0.15) is 0 Å². The van der Waals surface area contributed by atoms with Crippen LogP contribution in [0.1, 0.15) is 30.0 Å². The van der Waals surface area contributed by atoms with Crippen LogP contribution in [0.3, 0.4) is 0 Å². The molecule has 3 aromatic carbocycles. The number of halogens is 3. The second kappa shape index (κ2) is 10.6. The molecule has 0 aliphatic heterocycles. The quantitative estimate of drug-likeness (QED) is 0.401. The summed E-state index contributed by atoms with van der Waals surface area (Å²) in [5.74, 6) is 0.372. The molecule has 0 fully saturated rings. The van der Waals surface area contributed by atoms with E-state index in [4.69, 9.17) is 27.9 Å². The van der Waals surface area contributed by atoms with Gasteiger partial charge in [-0.1, -0.05) is 59.6 Å².